The zero-order valence-corrected chi connectivity index (χ0v) is 15.2. The zero-order valence-electron chi connectivity index (χ0n) is 14.4. The Morgan fingerprint density at radius 2 is 2.04 bits per heavy atom. The van der Waals surface area contributed by atoms with Gasteiger partial charge in [-0.25, -0.2) is 0 Å². The van der Waals surface area contributed by atoms with Crippen LogP contribution in [0.5, 0.6) is 5.75 Å². The van der Waals surface area contributed by atoms with Crippen LogP contribution in [0.15, 0.2) is 42.5 Å². The van der Waals surface area contributed by atoms with Gasteiger partial charge in [-0.3, -0.25) is 9.59 Å². The summed E-state index contributed by atoms with van der Waals surface area (Å²) in [6, 6.07) is 12.7. The van der Waals surface area contributed by atoms with E-state index in [9.17, 15) is 9.59 Å². The molecule has 0 bridgehead atoms. The van der Waals surface area contributed by atoms with Gasteiger partial charge >= 0.3 is 0 Å². The van der Waals surface area contributed by atoms with Crippen LogP contribution < -0.4 is 20.3 Å². The molecule has 0 saturated carbocycles. The number of benzene rings is 2. The molecule has 136 valence electrons. The van der Waals surface area contributed by atoms with Crippen LogP contribution in [-0.4, -0.2) is 38.1 Å². The minimum atomic E-state index is -0.272. The molecule has 0 aromatic heterocycles. The predicted octanol–water partition coefficient (Wildman–Crippen LogP) is 2.60. The number of amides is 2. The molecular formula is C19H20ClN3O3. The van der Waals surface area contributed by atoms with Gasteiger partial charge in [-0.05, 0) is 37.3 Å². The van der Waals surface area contributed by atoms with Crippen molar-refractivity contribution in [2.45, 2.75) is 6.92 Å². The molecular weight excluding hydrogens is 354 g/mol. The average molecular weight is 374 g/mol. The number of carbonyl (C=O) groups excluding carboxylic acids is 2. The number of aryl methyl sites for hydroxylation is 1. The summed E-state index contributed by atoms with van der Waals surface area (Å²) in [7, 11) is 0. The van der Waals surface area contributed by atoms with Gasteiger partial charge in [-0.15, -0.1) is 0 Å². The van der Waals surface area contributed by atoms with E-state index < -0.39 is 0 Å². The smallest absolute Gasteiger partial charge is 0.262 e. The van der Waals surface area contributed by atoms with Gasteiger partial charge in [0.25, 0.3) is 5.91 Å². The fourth-order valence-corrected chi connectivity index (χ4v) is 2.97. The Kier molecular flexibility index (Phi) is 5.63. The summed E-state index contributed by atoms with van der Waals surface area (Å²) < 4.78 is 5.46. The molecule has 1 saturated heterocycles. The Morgan fingerprint density at radius 3 is 2.73 bits per heavy atom. The molecule has 6 nitrogen and oxygen atoms in total. The first-order valence-electron chi connectivity index (χ1n) is 8.32. The third kappa shape index (κ3) is 4.67. The molecule has 1 aliphatic heterocycles. The van der Waals surface area contributed by atoms with Gasteiger partial charge in [0, 0.05) is 18.8 Å². The second-order valence-corrected chi connectivity index (χ2v) is 6.49. The quantitative estimate of drug-likeness (QED) is 0.845. The van der Waals surface area contributed by atoms with Crippen LogP contribution in [0.4, 0.5) is 11.4 Å². The fourth-order valence-electron chi connectivity index (χ4n) is 2.67. The van der Waals surface area contributed by atoms with Crippen molar-refractivity contribution in [3.8, 4) is 5.75 Å². The average Bonchev–Trinajstić information content (AvgIpc) is 2.61. The minimum absolute atomic E-state index is 0.0297. The first-order valence-corrected chi connectivity index (χ1v) is 8.69. The highest BCUT2D eigenvalue weighted by Gasteiger charge is 2.18. The fraction of sp³-hybridized carbons (Fsp3) is 0.263. The van der Waals surface area contributed by atoms with Crippen LogP contribution >= 0.6 is 11.6 Å². The largest absolute Gasteiger partial charge is 0.484 e. The molecule has 2 aromatic rings. The Labute approximate surface area is 157 Å². The summed E-state index contributed by atoms with van der Waals surface area (Å²) >= 11 is 6.33. The maximum absolute atomic E-state index is 12.1. The summed E-state index contributed by atoms with van der Waals surface area (Å²) in [5.41, 5.74) is 2.48. The number of piperazine rings is 1. The lowest BCUT2D eigenvalue weighted by Gasteiger charge is -2.29. The van der Waals surface area contributed by atoms with E-state index in [1.54, 1.807) is 18.2 Å². The van der Waals surface area contributed by atoms with Gasteiger partial charge in [0.2, 0.25) is 5.91 Å². The van der Waals surface area contributed by atoms with Gasteiger partial charge < -0.3 is 20.3 Å². The number of hydrogen-bond donors (Lipinski definition) is 2. The van der Waals surface area contributed by atoms with E-state index in [0.29, 0.717) is 29.5 Å². The van der Waals surface area contributed by atoms with Crippen LogP contribution in [-0.2, 0) is 9.59 Å². The summed E-state index contributed by atoms with van der Waals surface area (Å²) in [5, 5.41) is 6.02. The standard InChI is InChI=1S/C19H20ClN3O3/c1-13-2-5-15(6-3-13)26-12-19(25)22-14-4-7-17(16(20)10-14)23-9-8-21-18(24)11-23/h2-7,10H,8-9,11-12H2,1H3,(H,21,24)(H,22,25). The van der Waals surface area contributed by atoms with Crippen LogP contribution in [0.25, 0.3) is 0 Å². The highest BCUT2D eigenvalue weighted by Crippen LogP contribution is 2.29. The first kappa shape index (κ1) is 18.1. The Balaban J connectivity index is 1.57. The molecule has 26 heavy (non-hydrogen) atoms. The number of ether oxygens (including phenoxy) is 1. The molecule has 3 rings (SSSR count). The summed E-state index contributed by atoms with van der Waals surface area (Å²) in [6.07, 6.45) is 0. The Morgan fingerprint density at radius 1 is 1.27 bits per heavy atom. The number of anilines is 2. The number of rotatable bonds is 5. The Hall–Kier alpha value is -2.73. The second-order valence-electron chi connectivity index (χ2n) is 6.09. The van der Waals surface area contributed by atoms with E-state index in [1.807, 2.05) is 36.1 Å². The maximum atomic E-state index is 12.1. The van der Waals surface area contributed by atoms with Gasteiger partial charge in [0.15, 0.2) is 6.61 Å². The van der Waals surface area contributed by atoms with Crippen LogP contribution in [0.2, 0.25) is 5.02 Å². The van der Waals surface area contributed by atoms with Crippen LogP contribution in [0.1, 0.15) is 5.56 Å². The van der Waals surface area contributed by atoms with Gasteiger partial charge in [-0.2, -0.15) is 0 Å². The molecule has 0 radical (unpaired) electrons. The van der Waals surface area contributed by atoms with E-state index in [1.165, 1.54) is 0 Å². The van der Waals surface area contributed by atoms with Crippen molar-refractivity contribution < 1.29 is 14.3 Å². The van der Waals surface area contributed by atoms with Gasteiger partial charge in [0.05, 0.1) is 17.3 Å². The van der Waals surface area contributed by atoms with Gasteiger partial charge in [-0.1, -0.05) is 29.3 Å². The summed E-state index contributed by atoms with van der Waals surface area (Å²) in [6.45, 7) is 3.45. The van der Waals surface area contributed by atoms with Crippen molar-refractivity contribution in [1.82, 2.24) is 5.32 Å². The topological polar surface area (TPSA) is 70.7 Å². The van der Waals surface area contributed by atoms with E-state index in [2.05, 4.69) is 10.6 Å². The molecule has 0 atom stereocenters. The lowest BCUT2D eigenvalue weighted by Crippen LogP contribution is -2.47. The first-order chi connectivity index (χ1) is 12.5. The molecule has 0 unspecified atom stereocenters. The minimum Gasteiger partial charge on any atom is -0.484 e. The highest BCUT2D eigenvalue weighted by atomic mass is 35.5. The van der Waals surface area contributed by atoms with E-state index in [0.717, 1.165) is 11.3 Å². The highest BCUT2D eigenvalue weighted by molar-refractivity contribution is 6.33. The molecule has 1 fully saturated rings. The number of hydrogen-bond acceptors (Lipinski definition) is 4. The van der Waals surface area contributed by atoms with Crippen molar-refractivity contribution in [3.63, 3.8) is 0 Å². The van der Waals surface area contributed by atoms with Crippen LogP contribution in [0, 0.1) is 6.92 Å². The molecule has 0 spiro atoms. The normalized spacial score (nSPS) is 13.9. The van der Waals surface area contributed by atoms with Crippen molar-refractivity contribution >= 4 is 34.8 Å². The Bertz CT molecular complexity index is 808. The predicted molar refractivity (Wildman–Crippen MR) is 102 cm³/mol. The third-order valence-electron chi connectivity index (χ3n) is 4.00. The van der Waals surface area contributed by atoms with Crippen molar-refractivity contribution in [3.05, 3.63) is 53.1 Å². The zero-order chi connectivity index (χ0) is 18.5. The molecule has 0 aliphatic carbocycles. The second kappa shape index (κ2) is 8.10. The van der Waals surface area contributed by atoms with E-state index in [-0.39, 0.29) is 25.0 Å². The van der Waals surface area contributed by atoms with Crippen molar-refractivity contribution in [2.75, 3.05) is 36.5 Å². The van der Waals surface area contributed by atoms with Gasteiger partial charge in [0.1, 0.15) is 5.75 Å². The van der Waals surface area contributed by atoms with Crippen molar-refractivity contribution in [2.24, 2.45) is 0 Å². The lowest BCUT2D eigenvalue weighted by molar-refractivity contribution is -0.120. The molecule has 2 N–H and O–H groups in total. The lowest BCUT2D eigenvalue weighted by atomic mass is 10.2. The number of carbonyl (C=O) groups is 2. The molecule has 1 heterocycles. The SMILES string of the molecule is Cc1ccc(OCC(=O)Nc2ccc(N3CCNC(=O)C3)c(Cl)c2)cc1. The van der Waals surface area contributed by atoms with E-state index in [4.69, 9.17) is 16.3 Å². The van der Waals surface area contributed by atoms with E-state index >= 15 is 0 Å². The maximum Gasteiger partial charge on any atom is 0.262 e. The van der Waals surface area contributed by atoms with Crippen molar-refractivity contribution in [1.29, 1.82) is 0 Å². The molecule has 1 aliphatic rings. The molecule has 2 amide bonds. The molecule has 7 heteroatoms. The molecule has 2 aromatic carbocycles. The third-order valence-corrected chi connectivity index (χ3v) is 4.30. The number of nitrogens with zero attached hydrogens (tertiary/aromatic N) is 1. The van der Waals surface area contributed by atoms with Crippen LogP contribution in [0.3, 0.4) is 0 Å². The number of halogens is 1. The summed E-state index contributed by atoms with van der Waals surface area (Å²) in [5.74, 6) is 0.340. The number of nitrogens with one attached hydrogen (secondary N) is 2. The monoisotopic (exact) mass is 373 g/mol. The summed E-state index contributed by atoms with van der Waals surface area (Å²) in [4.78, 5) is 25.5.